The highest BCUT2D eigenvalue weighted by atomic mass is 19.4. The van der Waals surface area contributed by atoms with Crippen molar-refractivity contribution in [3.05, 3.63) is 35.4 Å². The number of aliphatic hydroxyl groups excluding tert-OH is 1. The summed E-state index contributed by atoms with van der Waals surface area (Å²) in [6.45, 7) is 4.35. The van der Waals surface area contributed by atoms with Crippen LogP contribution in [-0.4, -0.2) is 42.4 Å². The molecule has 1 aliphatic rings. The molecule has 0 bridgehead atoms. The number of nitrogens with zero attached hydrogens (tertiary/aromatic N) is 1. The summed E-state index contributed by atoms with van der Waals surface area (Å²) in [4.78, 5) is 2.05. The van der Waals surface area contributed by atoms with Crippen LogP contribution in [0.5, 0.6) is 0 Å². The van der Waals surface area contributed by atoms with Crippen LogP contribution in [0.2, 0.25) is 0 Å². The number of aliphatic hydroxyl groups is 1. The van der Waals surface area contributed by atoms with Crippen LogP contribution in [0.3, 0.4) is 0 Å². The van der Waals surface area contributed by atoms with Gasteiger partial charge in [-0.25, -0.2) is 0 Å². The van der Waals surface area contributed by atoms with Crippen LogP contribution < -0.4 is 0 Å². The Morgan fingerprint density at radius 3 is 2.75 bits per heavy atom. The number of benzene rings is 1. The highest BCUT2D eigenvalue weighted by Crippen LogP contribution is 2.36. The molecule has 3 nitrogen and oxygen atoms in total. The molecule has 2 rings (SSSR count). The number of morpholine rings is 1. The molecule has 1 aromatic carbocycles. The van der Waals surface area contributed by atoms with E-state index in [0.29, 0.717) is 13.2 Å². The van der Waals surface area contributed by atoms with Crippen LogP contribution in [-0.2, 0) is 10.9 Å². The van der Waals surface area contributed by atoms with E-state index in [9.17, 15) is 18.3 Å². The second-order valence-corrected chi connectivity index (χ2v) is 4.83. The minimum absolute atomic E-state index is 0.122. The first-order chi connectivity index (χ1) is 9.43. The van der Waals surface area contributed by atoms with E-state index in [-0.39, 0.29) is 5.56 Å². The van der Waals surface area contributed by atoms with Gasteiger partial charge in [0.15, 0.2) is 0 Å². The summed E-state index contributed by atoms with van der Waals surface area (Å²) in [5.74, 6) is 0. The molecule has 0 saturated carbocycles. The van der Waals surface area contributed by atoms with Gasteiger partial charge in [-0.2, -0.15) is 13.2 Å². The summed E-state index contributed by atoms with van der Waals surface area (Å²) >= 11 is 0. The molecule has 0 radical (unpaired) electrons. The molecule has 2 atom stereocenters. The molecule has 2 unspecified atom stereocenters. The molecule has 1 heterocycles. The van der Waals surface area contributed by atoms with Crippen molar-refractivity contribution in [2.45, 2.75) is 25.3 Å². The lowest BCUT2D eigenvalue weighted by Crippen LogP contribution is -2.45. The second-order valence-electron chi connectivity index (χ2n) is 4.83. The lowest BCUT2D eigenvalue weighted by molar-refractivity contribution is -0.141. The molecule has 6 heteroatoms. The maximum absolute atomic E-state index is 13.0. The topological polar surface area (TPSA) is 32.7 Å². The van der Waals surface area contributed by atoms with Gasteiger partial charge in [0.2, 0.25) is 0 Å². The van der Waals surface area contributed by atoms with Crippen molar-refractivity contribution in [2.24, 2.45) is 0 Å². The molecule has 112 valence electrons. The average Bonchev–Trinajstić information content (AvgIpc) is 2.45. The smallest absolute Gasteiger partial charge is 0.386 e. The molecule has 1 saturated heterocycles. The van der Waals surface area contributed by atoms with Crippen molar-refractivity contribution in [3.8, 4) is 0 Å². The Morgan fingerprint density at radius 1 is 1.40 bits per heavy atom. The summed E-state index contributed by atoms with van der Waals surface area (Å²) < 4.78 is 44.3. The standard InChI is InChI=1S/C14H18F3NO2/c1-2-18-7-8-20-12(9-18)13(19)10-5-3-4-6-11(10)14(15,16)17/h3-6,12-13,19H,2,7-9H2,1H3. The van der Waals surface area contributed by atoms with Gasteiger partial charge >= 0.3 is 6.18 Å². The lowest BCUT2D eigenvalue weighted by Gasteiger charge is -2.35. The van der Waals surface area contributed by atoms with Gasteiger partial charge in [0.25, 0.3) is 0 Å². The van der Waals surface area contributed by atoms with Crippen LogP contribution in [0.15, 0.2) is 24.3 Å². The molecular weight excluding hydrogens is 271 g/mol. The Morgan fingerprint density at radius 2 is 2.10 bits per heavy atom. The predicted molar refractivity (Wildman–Crippen MR) is 68.3 cm³/mol. The monoisotopic (exact) mass is 289 g/mol. The lowest BCUT2D eigenvalue weighted by atomic mass is 9.97. The molecule has 0 amide bonds. The quantitative estimate of drug-likeness (QED) is 0.928. The van der Waals surface area contributed by atoms with Crippen molar-refractivity contribution in [1.82, 2.24) is 4.90 Å². The minimum Gasteiger partial charge on any atom is -0.386 e. The summed E-state index contributed by atoms with van der Waals surface area (Å²) in [5.41, 5.74) is -0.923. The SMILES string of the molecule is CCN1CCOC(C(O)c2ccccc2C(F)(F)F)C1. The maximum atomic E-state index is 13.0. The van der Waals surface area contributed by atoms with Crippen LogP contribution in [0, 0.1) is 0 Å². The fraction of sp³-hybridized carbons (Fsp3) is 0.571. The van der Waals surface area contributed by atoms with Gasteiger partial charge in [-0.3, -0.25) is 4.90 Å². The first-order valence-electron chi connectivity index (χ1n) is 6.61. The van der Waals surface area contributed by atoms with Gasteiger partial charge in [-0.1, -0.05) is 25.1 Å². The number of hydrogen-bond donors (Lipinski definition) is 1. The first-order valence-corrected chi connectivity index (χ1v) is 6.61. The zero-order chi connectivity index (χ0) is 14.8. The van der Waals surface area contributed by atoms with E-state index in [4.69, 9.17) is 4.74 Å². The predicted octanol–water partition coefficient (Wildman–Crippen LogP) is 2.46. The minimum atomic E-state index is -4.48. The van der Waals surface area contributed by atoms with E-state index in [1.165, 1.54) is 18.2 Å². The van der Waals surface area contributed by atoms with Crippen LogP contribution in [0.1, 0.15) is 24.2 Å². The van der Waals surface area contributed by atoms with Gasteiger partial charge in [-0.05, 0) is 18.2 Å². The Balaban J connectivity index is 2.23. The third kappa shape index (κ3) is 3.31. The average molecular weight is 289 g/mol. The molecule has 1 N–H and O–H groups in total. The van der Waals surface area contributed by atoms with Crippen molar-refractivity contribution < 1.29 is 23.0 Å². The Bertz CT molecular complexity index is 450. The Labute approximate surface area is 116 Å². The summed E-state index contributed by atoms with van der Waals surface area (Å²) in [6, 6.07) is 5.11. The van der Waals surface area contributed by atoms with Crippen LogP contribution >= 0.6 is 0 Å². The van der Waals surface area contributed by atoms with E-state index < -0.39 is 23.9 Å². The molecule has 1 aromatic rings. The van der Waals surface area contributed by atoms with Gasteiger partial charge < -0.3 is 9.84 Å². The van der Waals surface area contributed by atoms with Crippen molar-refractivity contribution in [2.75, 3.05) is 26.2 Å². The normalized spacial score (nSPS) is 22.8. The van der Waals surface area contributed by atoms with Gasteiger partial charge in [0.1, 0.15) is 12.2 Å². The zero-order valence-corrected chi connectivity index (χ0v) is 11.2. The molecule has 0 aliphatic carbocycles. The number of alkyl halides is 3. The van der Waals surface area contributed by atoms with Crippen molar-refractivity contribution in [1.29, 1.82) is 0 Å². The number of likely N-dealkylation sites (N-methyl/N-ethyl adjacent to an activating group) is 1. The van der Waals surface area contributed by atoms with Crippen molar-refractivity contribution in [3.63, 3.8) is 0 Å². The first kappa shape index (κ1) is 15.3. The highest BCUT2D eigenvalue weighted by molar-refractivity contribution is 5.32. The van der Waals surface area contributed by atoms with E-state index in [0.717, 1.165) is 19.2 Å². The second kappa shape index (κ2) is 6.11. The summed E-state index contributed by atoms with van der Waals surface area (Å²) in [5, 5.41) is 10.3. The van der Waals surface area contributed by atoms with E-state index >= 15 is 0 Å². The highest BCUT2D eigenvalue weighted by Gasteiger charge is 2.37. The fourth-order valence-corrected chi connectivity index (χ4v) is 2.42. The van der Waals surface area contributed by atoms with Crippen LogP contribution in [0.4, 0.5) is 13.2 Å². The largest absolute Gasteiger partial charge is 0.416 e. The molecule has 0 spiro atoms. The van der Waals surface area contributed by atoms with Crippen molar-refractivity contribution >= 4 is 0 Å². The third-order valence-electron chi connectivity index (χ3n) is 3.56. The summed E-state index contributed by atoms with van der Waals surface area (Å²) in [7, 11) is 0. The van der Waals surface area contributed by atoms with Crippen LogP contribution in [0.25, 0.3) is 0 Å². The van der Waals surface area contributed by atoms with Gasteiger partial charge in [-0.15, -0.1) is 0 Å². The van der Waals surface area contributed by atoms with Gasteiger partial charge in [0.05, 0.1) is 12.2 Å². The number of halogens is 3. The molecule has 1 aliphatic heterocycles. The number of rotatable bonds is 3. The molecule has 0 aromatic heterocycles. The van der Waals surface area contributed by atoms with E-state index in [2.05, 4.69) is 0 Å². The number of ether oxygens (including phenoxy) is 1. The Hall–Kier alpha value is -1.11. The molecule has 20 heavy (non-hydrogen) atoms. The maximum Gasteiger partial charge on any atom is 0.416 e. The zero-order valence-electron chi connectivity index (χ0n) is 11.2. The third-order valence-corrected chi connectivity index (χ3v) is 3.56. The molecular formula is C14H18F3NO2. The van der Waals surface area contributed by atoms with E-state index in [1.54, 1.807) is 0 Å². The Kier molecular flexibility index (Phi) is 4.67. The van der Waals surface area contributed by atoms with E-state index in [1.807, 2.05) is 11.8 Å². The van der Waals surface area contributed by atoms with Gasteiger partial charge in [0, 0.05) is 13.1 Å². The summed E-state index contributed by atoms with van der Waals surface area (Å²) in [6.07, 6.45) is -6.38. The molecule has 1 fully saturated rings. The number of hydrogen-bond acceptors (Lipinski definition) is 3. The fourth-order valence-electron chi connectivity index (χ4n) is 2.42.